The summed E-state index contributed by atoms with van der Waals surface area (Å²) in [5.74, 6) is 1.55. The van der Waals surface area contributed by atoms with Crippen molar-refractivity contribution in [3.05, 3.63) is 23.8 Å². The molecule has 0 saturated heterocycles. The third-order valence-corrected chi connectivity index (χ3v) is 1.92. The summed E-state index contributed by atoms with van der Waals surface area (Å²) in [6.45, 7) is 1.90. The van der Waals surface area contributed by atoms with Crippen LogP contribution in [0.4, 0.5) is 0 Å². The Morgan fingerprint density at radius 1 is 1.15 bits per heavy atom. The molecule has 0 bridgehead atoms. The Labute approximate surface area is 78.5 Å². The van der Waals surface area contributed by atoms with Crippen LogP contribution >= 0.6 is 0 Å². The number of hydrogen-bond donors (Lipinski definition) is 1. The van der Waals surface area contributed by atoms with Crippen molar-refractivity contribution in [3.63, 3.8) is 0 Å². The molecule has 2 N–H and O–H groups in total. The van der Waals surface area contributed by atoms with Gasteiger partial charge in [-0.1, -0.05) is 6.07 Å². The SMILES string of the molecule is COc1cccc(OC)c1[C@@H](C)N. The quantitative estimate of drug-likeness (QED) is 0.772. The second-order valence-corrected chi connectivity index (χ2v) is 2.86. The molecule has 1 aromatic rings. The number of benzene rings is 1. The van der Waals surface area contributed by atoms with Crippen LogP contribution in [-0.2, 0) is 0 Å². The molecule has 72 valence electrons. The minimum absolute atomic E-state index is 0.0916. The topological polar surface area (TPSA) is 44.5 Å². The highest BCUT2D eigenvalue weighted by Gasteiger charge is 2.12. The van der Waals surface area contributed by atoms with Crippen LogP contribution in [0.1, 0.15) is 18.5 Å². The van der Waals surface area contributed by atoms with Gasteiger partial charge in [0.1, 0.15) is 11.5 Å². The Morgan fingerprint density at radius 3 is 1.92 bits per heavy atom. The summed E-state index contributed by atoms with van der Waals surface area (Å²) in [6.07, 6.45) is 0. The van der Waals surface area contributed by atoms with Crippen molar-refractivity contribution >= 4 is 0 Å². The van der Waals surface area contributed by atoms with Crippen LogP contribution in [0.25, 0.3) is 0 Å². The van der Waals surface area contributed by atoms with Gasteiger partial charge in [-0.05, 0) is 19.1 Å². The third-order valence-electron chi connectivity index (χ3n) is 1.92. The van der Waals surface area contributed by atoms with E-state index in [1.807, 2.05) is 25.1 Å². The lowest BCUT2D eigenvalue weighted by atomic mass is 10.1. The van der Waals surface area contributed by atoms with Gasteiger partial charge in [0.25, 0.3) is 0 Å². The molecule has 3 heteroatoms. The van der Waals surface area contributed by atoms with Crippen LogP contribution in [0.2, 0.25) is 0 Å². The van der Waals surface area contributed by atoms with E-state index in [0.29, 0.717) is 0 Å². The zero-order valence-corrected chi connectivity index (χ0v) is 8.20. The van der Waals surface area contributed by atoms with Gasteiger partial charge in [0.15, 0.2) is 0 Å². The predicted octanol–water partition coefficient (Wildman–Crippen LogP) is 1.72. The molecule has 1 atom stereocenters. The molecule has 0 aliphatic carbocycles. The van der Waals surface area contributed by atoms with E-state index in [1.54, 1.807) is 14.2 Å². The predicted molar refractivity (Wildman–Crippen MR) is 52.1 cm³/mol. The first kappa shape index (κ1) is 9.86. The molecule has 0 amide bonds. The molecule has 0 radical (unpaired) electrons. The van der Waals surface area contributed by atoms with Gasteiger partial charge in [-0.25, -0.2) is 0 Å². The van der Waals surface area contributed by atoms with Gasteiger partial charge in [0.2, 0.25) is 0 Å². The number of methoxy groups -OCH3 is 2. The van der Waals surface area contributed by atoms with Gasteiger partial charge in [-0.2, -0.15) is 0 Å². The normalized spacial score (nSPS) is 12.3. The van der Waals surface area contributed by atoms with Crippen molar-refractivity contribution in [1.29, 1.82) is 0 Å². The van der Waals surface area contributed by atoms with E-state index in [9.17, 15) is 0 Å². The second kappa shape index (κ2) is 4.14. The lowest BCUT2D eigenvalue weighted by molar-refractivity contribution is 0.381. The molecular formula is C10H15NO2. The Hall–Kier alpha value is -1.22. The van der Waals surface area contributed by atoms with Crippen LogP contribution in [0.5, 0.6) is 11.5 Å². The monoisotopic (exact) mass is 181 g/mol. The maximum Gasteiger partial charge on any atom is 0.127 e. The summed E-state index contributed by atoms with van der Waals surface area (Å²) in [7, 11) is 3.25. The summed E-state index contributed by atoms with van der Waals surface area (Å²) in [5.41, 5.74) is 6.72. The highest BCUT2D eigenvalue weighted by Crippen LogP contribution is 2.32. The van der Waals surface area contributed by atoms with Gasteiger partial charge in [-0.3, -0.25) is 0 Å². The molecule has 0 fully saturated rings. The minimum atomic E-state index is -0.0916. The maximum absolute atomic E-state index is 5.81. The van der Waals surface area contributed by atoms with E-state index in [1.165, 1.54) is 0 Å². The number of nitrogens with two attached hydrogens (primary N) is 1. The number of rotatable bonds is 3. The van der Waals surface area contributed by atoms with Crippen molar-refractivity contribution in [3.8, 4) is 11.5 Å². The van der Waals surface area contributed by atoms with Gasteiger partial charge >= 0.3 is 0 Å². The summed E-state index contributed by atoms with van der Waals surface area (Å²) in [4.78, 5) is 0. The number of hydrogen-bond acceptors (Lipinski definition) is 3. The summed E-state index contributed by atoms with van der Waals surface area (Å²) in [5, 5.41) is 0. The molecule has 13 heavy (non-hydrogen) atoms. The molecule has 0 aromatic heterocycles. The van der Waals surface area contributed by atoms with E-state index < -0.39 is 0 Å². The fourth-order valence-electron chi connectivity index (χ4n) is 1.33. The Balaban J connectivity index is 3.21. The highest BCUT2D eigenvalue weighted by atomic mass is 16.5. The van der Waals surface area contributed by atoms with Crippen LogP contribution in [0.15, 0.2) is 18.2 Å². The van der Waals surface area contributed by atoms with Crippen LogP contribution in [0.3, 0.4) is 0 Å². The largest absolute Gasteiger partial charge is 0.496 e. The zero-order chi connectivity index (χ0) is 9.84. The molecule has 0 aliphatic rings. The Kier molecular flexibility index (Phi) is 3.14. The van der Waals surface area contributed by atoms with Crippen LogP contribution in [0, 0.1) is 0 Å². The molecule has 3 nitrogen and oxygen atoms in total. The summed E-state index contributed by atoms with van der Waals surface area (Å²) < 4.78 is 10.4. The van der Waals surface area contributed by atoms with Gasteiger partial charge in [-0.15, -0.1) is 0 Å². The van der Waals surface area contributed by atoms with Gasteiger partial charge < -0.3 is 15.2 Å². The first-order chi connectivity index (χ1) is 6.20. The summed E-state index contributed by atoms with van der Waals surface area (Å²) in [6, 6.07) is 5.54. The smallest absolute Gasteiger partial charge is 0.127 e. The molecule has 1 aromatic carbocycles. The molecule has 1 rings (SSSR count). The number of ether oxygens (including phenoxy) is 2. The van der Waals surface area contributed by atoms with Crippen molar-refractivity contribution in [2.45, 2.75) is 13.0 Å². The first-order valence-corrected chi connectivity index (χ1v) is 4.17. The first-order valence-electron chi connectivity index (χ1n) is 4.17. The molecular weight excluding hydrogens is 166 g/mol. The molecule has 0 spiro atoms. The van der Waals surface area contributed by atoms with E-state index in [-0.39, 0.29) is 6.04 Å². The Bertz CT molecular complexity index is 262. The van der Waals surface area contributed by atoms with Crippen molar-refractivity contribution in [2.75, 3.05) is 14.2 Å². The van der Waals surface area contributed by atoms with Crippen molar-refractivity contribution < 1.29 is 9.47 Å². The van der Waals surface area contributed by atoms with Crippen LogP contribution < -0.4 is 15.2 Å². The average Bonchev–Trinajstić information content (AvgIpc) is 2.16. The van der Waals surface area contributed by atoms with E-state index in [4.69, 9.17) is 15.2 Å². The fraction of sp³-hybridized carbons (Fsp3) is 0.400. The fourth-order valence-corrected chi connectivity index (χ4v) is 1.33. The van der Waals surface area contributed by atoms with E-state index in [2.05, 4.69) is 0 Å². The minimum Gasteiger partial charge on any atom is -0.496 e. The third kappa shape index (κ3) is 1.92. The summed E-state index contributed by atoms with van der Waals surface area (Å²) >= 11 is 0. The molecule has 0 unspecified atom stereocenters. The van der Waals surface area contributed by atoms with Gasteiger partial charge in [0, 0.05) is 6.04 Å². The maximum atomic E-state index is 5.81. The zero-order valence-electron chi connectivity index (χ0n) is 8.20. The molecule has 0 aliphatic heterocycles. The van der Waals surface area contributed by atoms with Gasteiger partial charge in [0.05, 0.1) is 19.8 Å². The molecule has 0 heterocycles. The Morgan fingerprint density at radius 2 is 1.62 bits per heavy atom. The highest BCUT2D eigenvalue weighted by molar-refractivity contribution is 5.46. The lowest BCUT2D eigenvalue weighted by Crippen LogP contribution is -2.08. The van der Waals surface area contributed by atoms with Crippen molar-refractivity contribution in [1.82, 2.24) is 0 Å². The van der Waals surface area contributed by atoms with E-state index >= 15 is 0 Å². The average molecular weight is 181 g/mol. The lowest BCUT2D eigenvalue weighted by Gasteiger charge is -2.15. The second-order valence-electron chi connectivity index (χ2n) is 2.86. The van der Waals surface area contributed by atoms with Crippen LogP contribution in [-0.4, -0.2) is 14.2 Å². The molecule has 0 saturated carbocycles. The van der Waals surface area contributed by atoms with E-state index in [0.717, 1.165) is 17.1 Å². The standard InChI is InChI=1S/C10H15NO2/c1-7(11)10-8(12-2)5-4-6-9(10)13-3/h4-7H,11H2,1-3H3/t7-/m1/s1. The van der Waals surface area contributed by atoms with Crippen molar-refractivity contribution in [2.24, 2.45) is 5.73 Å².